The van der Waals surface area contributed by atoms with Crippen LogP contribution in [0.4, 0.5) is 10.1 Å². The molecular weight excluding hydrogens is 271 g/mol. The molecule has 0 spiro atoms. The van der Waals surface area contributed by atoms with E-state index in [1.165, 1.54) is 6.07 Å². The van der Waals surface area contributed by atoms with Gasteiger partial charge in [-0.1, -0.05) is 30.3 Å². The molecule has 0 saturated heterocycles. The van der Waals surface area contributed by atoms with Crippen molar-refractivity contribution >= 4 is 11.6 Å². The lowest BCUT2D eigenvalue weighted by atomic mass is 10.2. The molecule has 3 N–H and O–H groups in total. The fourth-order valence-corrected chi connectivity index (χ4v) is 1.83. The van der Waals surface area contributed by atoms with E-state index in [4.69, 9.17) is 10.5 Å². The molecule has 1 amide bonds. The van der Waals surface area contributed by atoms with Crippen molar-refractivity contribution in [3.63, 3.8) is 0 Å². The molecule has 110 valence electrons. The van der Waals surface area contributed by atoms with Crippen molar-refractivity contribution in [1.82, 2.24) is 0 Å². The average Bonchev–Trinajstić information content (AvgIpc) is 2.47. The third kappa shape index (κ3) is 4.49. The Morgan fingerprint density at radius 3 is 2.62 bits per heavy atom. The SMILES string of the molecule is NC(=O)CCOc1ccccc1NCc1ccccc1F. The number of ether oxygens (including phenoxy) is 1. The lowest BCUT2D eigenvalue weighted by Crippen LogP contribution is -2.15. The molecule has 5 heteroatoms. The zero-order chi connectivity index (χ0) is 15.1. The molecule has 0 heterocycles. The van der Waals surface area contributed by atoms with Crippen molar-refractivity contribution in [2.24, 2.45) is 5.73 Å². The minimum atomic E-state index is -0.410. The van der Waals surface area contributed by atoms with E-state index in [1.54, 1.807) is 24.3 Å². The highest BCUT2D eigenvalue weighted by Crippen LogP contribution is 2.24. The van der Waals surface area contributed by atoms with E-state index < -0.39 is 5.91 Å². The van der Waals surface area contributed by atoms with Crippen LogP contribution in [0, 0.1) is 5.82 Å². The molecule has 0 aromatic heterocycles. The van der Waals surface area contributed by atoms with Crippen molar-refractivity contribution in [1.29, 1.82) is 0 Å². The van der Waals surface area contributed by atoms with Crippen LogP contribution in [0.3, 0.4) is 0 Å². The van der Waals surface area contributed by atoms with E-state index in [1.807, 2.05) is 18.2 Å². The first-order valence-corrected chi connectivity index (χ1v) is 6.64. The summed E-state index contributed by atoms with van der Waals surface area (Å²) < 4.78 is 19.1. The molecule has 0 unspecified atom stereocenters. The van der Waals surface area contributed by atoms with Crippen LogP contribution in [0.15, 0.2) is 48.5 Å². The molecule has 2 rings (SSSR count). The molecule has 0 aliphatic heterocycles. The quantitative estimate of drug-likeness (QED) is 0.823. The zero-order valence-electron chi connectivity index (χ0n) is 11.5. The maximum absolute atomic E-state index is 13.6. The Bertz CT molecular complexity index is 617. The van der Waals surface area contributed by atoms with Crippen LogP contribution in [0.1, 0.15) is 12.0 Å². The third-order valence-corrected chi connectivity index (χ3v) is 2.92. The predicted octanol–water partition coefficient (Wildman–Crippen LogP) is 2.69. The molecule has 0 aliphatic carbocycles. The monoisotopic (exact) mass is 288 g/mol. The van der Waals surface area contributed by atoms with E-state index in [9.17, 15) is 9.18 Å². The van der Waals surface area contributed by atoms with Crippen LogP contribution >= 0.6 is 0 Å². The number of primary amides is 1. The molecule has 0 bridgehead atoms. The standard InChI is InChI=1S/C16H17FN2O2/c17-13-6-2-1-5-12(13)11-19-14-7-3-4-8-15(14)21-10-9-16(18)20/h1-8,19H,9-11H2,(H2,18,20). The minimum Gasteiger partial charge on any atom is -0.491 e. The van der Waals surface area contributed by atoms with Gasteiger partial charge in [-0.05, 0) is 18.2 Å². The van der Waals surface area contributed by atoms with Gasteiger partial charge in [0.2, 0.25) is 5.91 Å². The first-order valence-electron chi connectivity index (χ1n) is 6.64. The highest BCUT2D eigenvalue weighted by molar-refractivity contribution is 5.73. The van der Waals surface area contributed by atoms with Gasteiger partial charge in [0.15, 0.2) is 0 Å². The van der Waals surface area contributed by atoms with Crippen LogP contribution in [0.2, 0.25) is 0 Å². The predicted molar refractivity (Wildman–Crippen MR) is 79.5 cm³/mol. The maximum Gasteiger partial charge on any atom is 0.220 e. The normalized spacial score (nSPS) is 10.1. The van der Waals surface area contributed by atoms with E-state index >= 15 is 0 Å². The van der Waals surface area contributed by atoms with Gasteiger partial charge < -0.3 is 15.8 Å². The van der Waals surface area contributed by atoms with E-state index in [-0.39, 0.29) is 18.8 Å². The molecule has 2 aromatic carbocycles. The zero-order valence-corrected chi connectivity index (χ0v) is 11.5. The van der Waals surface area contributed by atoms with Crippen LogP contribution in [0.5, 0.6) is 5.75 Å². The van der Waals surface area contributed by atoms with Crippen molar-refractivity contribution in [2.45, 2.75) is 13.0 Å². The van der Waals surface area contributed by atoms with Crippen LogP contribution in [0.25, 0.3) is 0 Å². The Morgan fingerprint density at radius 1 is 1.14 bits per heavy atom. The van der Waals surface area contributed by atoms with Gasteiger partial charge >= 0.3 is 0 Å². The molecule has 0 fully saturated rings. The molecule has 21 heavy (non-hydrogen) atoms. The molecule has 0 radical (unpaired) electrons. The van der Waals surface area contributed by atoms with Crippen molar-refractivity contribution in [2.75, 3.05) is 11.9 Å². The average molecular weight is 288 g/mol. The van der Waals surface area contributed by atoms with Gasteiger partial charge in [-0.3, -0.25) is 4.79 Å². The summed E-state index contributed by atoms with van der Waals surface area (Å²) in [4.78, 5) is 10.7. The number of nitrogens with one attached hydrogen (secondary N) is 1. The number of carbonyl (C=O) groups is 1. The largest absolute Gasteiger partial charge is 0.491 e. The third-order valence-electron chi connectivity index (χ3n) is 2.92. The number of rotatable bonds is 7. The van der Waals surface area contributed by atoms with Gasteiger partial charge in [-0.25, -0.2) is 4.39 Å². The van der Waals surface area contributed by atoms with Crippen LogP contribution in [-0.2, 0) is 11.3 Å². The number of carbonyl (C=O) groups excluding carboxylic acids is 1. The molecular formula is C16H17FN2O2. The van der Waals surface area contributed by atoms with E-state index in [0.717, 1.165) is 5.69 Å². The summed E-state index contributed by atoms with van der Waals surface area (Å²) in [7, 11) is 0. The second kappa shape index (κ2) is 7.28. The van der Waals surface area contributed by atoms with E-state index in [0.29, 0.717) is 17.9 Å². The molecule has 0 atom stereocenters. The minimum absolute atomic E-state index is 0.154. The number of amides is 1. The second-order valence-electron chi connectivity index (χ2n) is 4.51. The molecule has 0 aliphatic rings. The van der Waals surface area contributed by atoms with Crippen molar-refractivity contribution in [3.05, 3.63) is 59.9 Å². The Hall–Kier alpha value is -2.56. The lowest BCUT2D eigenvalue weighted by molar-refractivity contribution is -0.118. The smallest absolute Gasteiger partial charge is 0.220 e. The van der Waals surface area contributed by atoms with Gasteiger partial charge in [-0.2, -0.15) is 0 Å². The summed E-state index contributed by atoms with van der Waals surface area (Å²) >= 11 is 0. The number of hydrogen-bond acceptors (Lipinski definition) is 3. The Morgan fingerprint density at radius 2 is 1.86 bits per heavy atom. The highest BCUT2D eigenvalue weighted by Gasteiger charge is 2.05. The molecule has 0 saturated carbocycles. The van der Waals surface area contributed by atoms with Crippen LogP contribution < -0.4 is 15.8 Å². The first-order chi connectivity index (χ1) is 10.2. The summed E-state index contributed by atoms with van der Waals surface area (Å²) in [6.45, 7) is 0.566. The highest BCUT2D eigenvalue weighted by atomic mass is 19.1. The first kappa shape index (κ1) is 14.8. The summed E-state index contributed by atoms with van der Waals surface area (Å²) in [5, 5.41) is 3.13. The summed E-state index contributed by atoms with van der Waals surface area (Å²) in [6.07, 6.45) is 0.154. The number of nitrogens with two attached hydrogens (primary N) is 1. The lowest BCUT2D eigenvalue weighted by Gasteiger charge is -2.13. The maximum atomic E-state index is 13.6. The Labute approximate surface area is 122 Å². The van der Waals surface area contributed by atoms with Gasteiger partial charge in [-0.15, -0.1) is 0 Å². The molecule has 2 aromatic rings. The van der Waals surface area contributed by atoms with Crippen molar-refractivity contribution in [3.8, 4) is 5.75 Å². The number of para-hydroxylation sites is 2. The Kier molecular flexibility index (Phi) is 5.15. The Balaban J connectivity index is 1.99. The summed E-state index contributed by atoms with van der Waals surface area (Å²) in [6, 6.07) is 13.9. The van der Waals surface area contributed by atoms with E-state index in [2.05, 4.69) is 5.32 Å². The molecule has 4 nitrogen and oxygen atoms in total. The fraction of sp³-hybridized carbons (Fsp3) is 0.188. The van der Waals surface area contributed by atoms with Crippen molar-refractivity contribution < 1.29 is 13.9 Å². The van der Waals surface area contributed by atoms with Gasteiger partial charge in [0.25, 0.3) is 0 Å². The van der Waals surface area contributed by atoms with Crippen LogP contribution in [-0.4, -0.2) is 12.5 Å². The fourth-order valence-electron chi connectivity index (χ4n) is 1.83. The summed E-state index contributed by atoms with van der Waals surface area (Å²) in [5.41, 5.74) is 6.38. The summed E-state index contributed by atoms with van der Waals surface area (Å²) in [5.74, 6) is -0.0565. The number of anilines is 1. The second-order valence-corrected chi connectivity index (χ2v) is 4.51. The van der Waals surface area contributed by atoms with Gasteiger partial charge in [0.1, 0.15) is 11.6 Å². The topological polar surface area (TPSA) is 64.4 Å². The number of halogens is 1. The van der Waals surface area contributed by atoms with Gasteiger partial charge in [0, 0.05) is 12.1 Å². The number of hydrogen-bond donors (Lipinski definition) is 2. The number of benzene rings is 2. The van der Waals surface area contributed by atoms with Gasteiger partial charge in [0.05, 0.1) is 18.7 Å².